The number of sulfonamides is 1. The van der Waals surface area contributed by atoms with Gasteiger partial charge < -0.3 is 0 Å². The lowest BCUT2D eigenvalue weighted by Gasteiger charge is -2.01. The number of nitrogens with one attached hydrogen (secondary N) is 1. The Morgan fingerprint density at radius 3 is 2.31 bits per heavy atom. The van der Waals surface area contributed by atoms with E-state index in [4.69, 9.17) is 23.2 Å². The van der Waals surface area contributed by atoms with Gasteiger partial charge in [0.15, 0.2) is 0 Å². The molecule has 1 aromatic rings. The van der Waals surface area contributed by atoms with Crippen molar-refractivity contribution in [2.45, 2.75) is 4.90 Å². The number of benzene rings is 1. The zero-order valence-corrected chi connectivity index (χ0v) is 10.0. The Morgan fingerprint density at radius 1 is 1.23 bits per heavy atom. The third-order valence-electron chi connectivity index (χ3n) is 1.30. The van der Waals surface area contributed by atoms with Crippen molar-refractivity contribution >= 4 is 49.4 Å². The normalized spacial score (nSPS) is 11.6. The molecular weight excluding hydrogens is 301 g/mol. The quantitative estimate of drug-likeness (QED) is 0.854. The van der Waals surface area contributed by atoms with Gasteiger partial charge in [-0.05, 0) is 18.2 Å². The van der Waals surface area contributed by atoms with Crippen LogP contribution in [0.1, 0.15) is 0 Å². The van der Waals surface area contributed by atoms with Crippen LogP contribution >= 0.6 is 39.3 Å². The van der Waals surface area contributed by atoms with Crippen LogP contribution in [0.25, 0.3) is 0 Å². The minimum atomic E-state index is -3.51. The molecule has 0 bridgehead atoms. The summed E-state index contributed by atoms with van der Waals surface area (Å²) >= 11 is 13.9. The monoisotopic (exact) mass is 303 g/mol. The topological polar surface area (TPSA) is 46.2 Å². The van der Waals surface area contributed by atoms with Gasteiger partial charge in [0, 0.05) is 16.1 Å². The average molecular weight is 305 g/mol. The highest BCUT2D eigenvalue weighted by atomic mass is 79.9. The molecule has 0 saturated heterocycles. The minimum absolute atomic E-state index is 0.0544. The van der Waals surface area contributed by atoms with Gasteiger partial charge in [-0.25, -0.2) is 8.42 Å². The lowest BCUT2D eigenvalue weighted by Crippen LogP contribution is -2.12. The standard InChI is InChI=1S/C6H4BrCl2NO2S/c7-10-13(11,12)4-1-2-5(8)6(9)3-4/h1-3,10H. The van der Waals surface area contributed by atoms with E-state index in [0.717, 1.165) is 0 Å². The highest BCUT2D eigenvalue weighted by Gasteiger charge is 2.13. The molecule has 1 aromatic carbocycles. The summed E-state index contributed by atoms with van der Waals surface area (Å²) in [5.74, 6) is 0. The molecule has 13 heavy (non-hydrogen) atoms. The van der Waals surface area contributed by atoms with E-state index in [9.17, 15) is 8.42 Å². The zero-order valence-electron chi connectivity index (χ0n) is 6.09. The number of halogens is 3. The van der Waals surface area contributed by atoms with E-state index in [1.54, 1.807) is 0 Å². The Morgan fingerprint density at radius 2 is 1.85 bits per heavy atom. The predicted octanol–water partition coefficient (Wildman–Crippen LogP) is 2.58. The molecule has 0 aliphatic heterocycles. The molecule has 1 N–H and O–H groups in total. The van der Waals surface area contributed by atoms with Crippen molar-refractivity contribution in [2.75, 3.05) is 0 Å². The van der Waals surface area contributed by atoms with Crippen LogP contribution in [0, 0.1) is 0 Å². The molecule has 3 nitrogen and oxygen atoms in total. The van der Waals surface area contributed by atoms with Crippen molar-refractivity contribution in [3.05, 3.63) is 28.2 Å². The van der Waals surface area contributed by atoms with Gasteiger partial charge in [-0.2, -0.15) is 0 Å². The summed E-state index contributed by atoms with van der Waals surface area (Å²) in [4.78, 5) is 0.0544. The number of hydrogen-bond acceptors (Lipinski definition) is 2. The van der Waals surface area contributed by atoms with Crippen LogP contribution in [-0.4, -0.2) is 8.42 Å². The van der Waals surface area contributed by atoms with E-state index >= 15 is 0 Å². The molecule has 0 radical (unpaired) electrons. The summed E-state index contributed by atoms with van der Waals surface area (Å²) in [5.41, 5.74) is 0. The van der Waals surface area contributed by atoms with Crippen molar-refractivity contribution in [2.24, 2.45) is 0 Å². The summed E-state index contributed by atoms with van der Waals surface area (Å²) in [6, 6.07) is 4.05. The molecule has 0 spiro atoms. The van der Waals surface area contributed by atoms with Gasteiger partial charge in [-0.1, -0.05) is 23.2 Å². The van der Waals surface area contributed by atoms with Crippen LogP contribution in [0.2, 0.25) is 10.0 Å². The first-order valence-electron chi connectivity index (χ1n) is 3.05. The van der Waals surface area contributed by atoms with Crippen molar-refractivity contribution in [3.63, 3.8) is 0 Å². The van der Waals surface area contributed by atoms with Gasteiger partial charge in [-0.3, -0.25) is 0 Å². The molecule has 0 amide bonds. The van der Waals surface area contributed by atoms with Crippen LogP contribution in [-0.2, 0) is 10.0 Å². The highest BCUT2D eigenvalue weighted by molar-refractivity contribution is 9.09. The first-order chi connectivity index (χ1) is 5.97. The maximum absolute atomic E-state index is 11.2. The summed E-state index contributed by atoms with van der Waals surface area (Å²) in [7, 11) is -3.51. The molecule has 0 aliphatic carbocycles. The molecule has 0 heterocycles. The van der Waals surface area contributed by atoms with Gasteiger partial charge in [-0.15, -0.1) is 3.75 Å². The van der Waals surface area contributed by atoms with E-state index < -0.39 is 10.0 Å². The molecule has 0 fully saturated rings. The Hall–Kier alpha value is 0.190. The van der Waals surface area contributed by atoms with E-state index in [-0.39, 0.29) is 9.92 Å². The van der Waals surface area contributed by atoms with Crippen molar-refractivity contribution in [3.8, 4) is 0 Å². The minimum Gasteiger partial charge on any atom is -0.206 e. The fourth-order valence-electron chi connectivity index (χ4n) is 0.689. The third-order valence-corrected chi connectivity index (χ3v) is 4.40. The second-order valence-electron chi connectivity index (χ2n) is 2.16. The van der Waals surface area contributed by atoms with Gasteiger partial charge in [0.05, 0.1) is 14.9 Å². The van der Waals surface area contributed by atoms with Crippen molar-refractivity contribution < 1.29 is 8.42 Å². The molecule has 0 aliphatic rings. The smallest absolute Gasteiger partial charge is 0.206 e. The lowest BCUT2D eigenvalue weighted by atomic mass is 10.4. The Balaban J connectivity index is 3.27. The van der Waals surface area contributed by atoms with E-state index in [1.807, 2.05) is 3.75 Å². The molecule has 7 heteroatoms. The molecular formula is C6H4BrCl2NO2S. The molecule has 0 atom stereocenters. The summed E-state index contributed by atoms with van der Waals surface area (Å²) in [6.07, 6.45) is 0. The SMILES string of the molecule is O=S(=O)(NBr)c1ccc(Cl)c(Cl)c1. The van der Waals surface area contributed by atoms with E-state index in [2.05, 4.69) is 16.1 Å². The van der Waals surface area contributed by atoms with Gasteiger partial charge in [0.25, 0.3) is 0 Å². The van der Waals surface area contributed by atoms with Crippen molar-refractivity contribution in [1.29, 1.82) is 0 Å². The molecule has 0 saturated carbocycles. The van der Waals surface area contributed by atoms with Crippen LogP contribution in [0.5, 0.6) is 0 Å². The van der Waals surface area contributed by atoms with Crippen LogP contribution in [0.3, 0.4) is 0 Å². The van der Waals surface area contributed by atoms with E-state index in [1.165, 1.54) is 18.2 Å². The summed E-state index contributed by atoms with van der Waals surface area (Å²) in [6.45, 7) is 0. The number of hydrogen-bond donors (Lipinski definition) is 1. The summed E-state index contributed by atoms with van der Waals surface area (Å²) in [5, 5.41) is 0.515. The second kappa shape index (κ2) is 4.14. The lowest BCUT2D eigenvalue weighted by molar-refractivity contribution is 0.595. The van der Waals surface area contributed by atoms with Crippen LogP contribution in [0.15, 0.2) is 23.1 Å². The Labute approximate surface area is 94.4 Å². The first-order valence-corrected chi connectivity index (χ1v) is 6.08. The summed E-state index contributed by atoms with van der Waals surface area (Å²) < 4.78 is 24.4. The van der Waals surface area contributed by atoms with Gasteiger partial charge in [0.1, 0.15) is 0 Å². The maximum Gasteiger partial charge on any atom is 0.250 e. The molecule has 1 rings (SSSR count). The zero-order chi connectivity index (χ0) is 10.1. The van der Waals surface area contributed by atoms with Gasteiger partial charge >= 0.3 is 0 Å². The predicted molar refractivity (Wildman–Crippen MR) is 55.7 cm³/mol. The Bertz CT molecular complexity index is 421. The Kier molecular flexibility index (Phi) is 3.59. The van der Waals surface area contributed by atoms with E-state index in [0.29, 0.717) is 5.02 Å². The largest absolute Gasteiger partial charge is 0.250 e. The second-order valence-corrected chi connectivity index (χ2v) is 5.57. The van der Waals surface area contributed by atoms with Gasteiger partial charge in [0.2, 0.25) is 10.0 Å². The fraction of sp³-hybridized carbons (Fsp3) is 0. The number of rotatable bonds is 2. The molecule has 0 unspecified atom stereocenters. The molecule has 0 aromatic heterocycles. The highest BCUT2D eigenvalue weighted by Crippen LogP contribution is 2.24. The third kappa shape index (κ3) is 2.57. The average Bonchev–Trinajstić information content (AvgIpc) is 2.09. The van der Waals surface area contributed by atoms with Crippen molar-refractivity contribution in [1.82, 2.24) is 3.75 Å². The van der Waals surface area contributed by atoms with Crippen LogP contribution in [0.4, 0.5) is 0 Å². The van der Waals surface area contributed by atoms with Crippen LogP contribution < -0.4 is 3.75 Å². The first kappa shape index (κ1) is 11.3. The maximum atomic E-state index is 11.2. The fourth-order valence-corrected chi connectivity index (χ4v) is 2.22. The molecule has 72 valence electrons.